The number of nitrogens with two attached hydrogens (primary N) is 1. The molecule has 0 atom stereocenters. The number of carbonyl (C=O) groups is 1. The zero-order valence-corrected chi connectivity index (χ0v) is 15.0. The lowest BCUT2D eigenvalue weighted by molar-refractivity contribution is 0.0996. The molecule has 0 aromatic heterocycles. The van der Waals surface area contributed by atoms with E-state index in [0.717, 1.165) is 17.3 Å². The number of nitrogens with zero attached hydrogens (tertiary/aromatic N) is 3. The molecule has 3 rings (SSSR count). The molecule has 1 fully saturated rings. The lowest BCUT2D eigenvalue weighted by Gasteiger charge is -2.31. The molecule has 2 aromatic carbocycles. The van der Waals surface area contributed by atoms with Crippen molar-refractivity contribution in [1.82, 2.24) is 9.42 Å². The van der Waals surface area contributed by atoms with E-state index in [9.17, 15) is 13.2 Å². The molecule has 0 radical (unpaired) electrons. The Morgan fingerprint density at radius 2 is 1.50 bits per heavy atom. The van der Waals surface area contributed by atoms with Crippen LogP contribution >= 0.6 is 0 Å². The standard InChI is InChI=1S/C18H20N4O3S/c19-18(20-17(23)15-9-3-1-4-10-15)22(21-13-7-8-14-21)26(24,25)16-11-5-2-6-12-16/h1-6,9-12H,7-8,13-14H2,(H2,19,20,23). The van der Waals surface area contributed by atoms with Gasteiger partial charge in [-0.3, -0.25) is 4.79 Å². The van der Waals surface area contributed by atoms with Gasteiger partial charge in [-0.2, -0.15) is 17.8 Å². The number of sulfonamides is 1. The van der Waals surface area contributed by atoms with Gasteiger partial charge in [0.15, 0.2) is 0 Å². The van der Waals surface area contributed by atoms with E-state index in [-0.39, 0.29) is 10.9 Å². The van der Waals surface area contributed by atoms with Crippen LogP contribution in [0.15, 0.2) is 70.6 Å². The Bertz CT molecular complexity index is 893. The zero-order chi connectivity index (χ0) is 18.6. The second kappa shape index (κ2) is 7.67. The van der Waals surface area contributed by atoms with Gasteiger partial charge in [-0.25, -0.2) is 5.01 Å². The summed E-state index contributed by atoms with van der Waals surface area (Å²) in [6, 6.07) is 16.4. The SMILES string of the molecule is NC(=NC(=O)c1ccccc1)N(N1CCCC1)S(=O)(=O)c1ccccc1. The zero-order valence-electron chi connectivity index (χ0n) is 14.2. The molecule has 1 heterocycles. The van der Waals surface area contributed by atoms with Crippen LogP contribution in [-0.4, -0.2) is 42.8 Å². The smallest absolute Gasteiger partial charge is 0.280 e. The maximum atomic E-state index is 13.1. The maximum Gasteiger partial charge on any atom is 0.280 e. The monoisotopic (exact) mass is 372 g/mol. The summed E-state index contributed by atoms with van der Waals surface area (Å²) in [6.45, 7) is 1.06. The Kier molecular flexibility index (Phi) is 5.34. The van der Waals surface area contributed by atoms with E-state index in [1.807, 2.05) is 0 Å². The first-order valence-corrected chi connectivity index (χ1v) is 9.73. The maximum absolute atomic E-state index is 13.1. The molecule has 1 aliphatic rings. The van der Waals surface area contributed by atoms with Crippen LogP contribution in [0.5, 0.6) is 0 Å². The minimum Gasteiger partial charge on any atom is -0.367 e. The number of aliphatic imine (C=N–C) groups is 1. The van der Waals surface area contributed by atoms with Gasteiger partial charge in [0.1, 0.15) is 0 Å². The van der Waals surface area contributed by atoms with Crippen LogP contribution in [0, 0.1) is 0 Å². The lowest BCUT2D eigenvalue weighted by atomic mass is 10.2. The minimum atomic E-state index is -3.96. The first kappa shape index (κ1) is 18.1. The molecule has 8 heteroatoms. The third-order valence-electron chi connectivity index (χ3n) is 4.04. The molecule has 0 bridgehead atoms. The fraction of sp³-hybridized carbons (Fsp3) is 0.222. The van der Waals surface area contributed by atoms with Gasteiger partial charge in [0.05, 0.1) is 4.90 Å². The van der Waals surface area contributed by atoms with Crippen LogP contribution in [-0.2, 0) is 10.0 Å². The molecule has 0 unspecified atom stereocenters. The molecule has 26 heavy (non-hydrogen) atoms. The van der Waals surface area contributed by atoms with E-state index >= 15 is 0 Å². The van der Waals surface area contributed by atoms with Crippen LogP contribution in [0.1, 0.15) is 23.2 Å². The first-order chi connectivity index (χ1) is 12.5. The highest BCUT2D eigenvalue weighted by molar-refractivity contribution is 7.89. The summed E-state index contributed by atoms with van der Waals surface area (Å²) in [6.07, 6.45) is 1.70. The molecule has 2 aromatic rings. The van der Waals surface area contributed by atoms with E-state index in [1.54, 1.807) is 53.5 Å². The first-order valence-electron chi connectivity index (χ1n) is 8.29. The molecule has 2 N–H and O–H groups in total. The van der Waals surface area contributed by atoms with E-state index in [4.69, 9.17) is 5.73 Å². The molecule has 1 amide bonds. The van der Waals surface area contributed by atoms with Crippen molar-refractivity contribution in [3.63, 3.8) is 0 Å². The van der Waals surface area contributed by atoms with Crippen molar-refractivity contribution in [2.24, 2.45) is 10.7 Å². The van der Waals surface area contributed by atoms with Crippen LogP contribution in [0.4, 0.5) is 0 Å². The number of rotatable bonds is 4. The van der Waals surface area contributed by atoms with E-state index < -0.39 is 15.9 Å². The number of hydrogen-bond donors (Lipinski definition) is 1. The Hall–Kier alpha value is -2.71. The number of carbonyl (C=O) groups excluding carboxylic acids is 1. The van der Waals surface area contributed by atoms with Gasteiger partial charge < -0.3 is 5.73 Å². The van der Waals surface area contributed by atoms with Crippen LogP contribution in [0.3, 0.4) is 0 Å². The van der Waals surface area contributed by atoms with E-state index in [0.29, 0.717) is 18.7 Å². The Morgan fingerprint density at radius 1 is 0.962 bits per heavy atom. The molecule has 1 saturated heterocycles. The molecular formula is C18H20N4O3S. The Morgan fingerprint density at radius 3 is 2.08 bits per heavy atom. The third-order valence-corrected chi connectivity index (χ3v) is 5.78. The molecule has 0 saturated carbocycles. The highest BCUT2D eigenvalue weighted by Gasteiger charge is 2.34. The average Bonchev–Trinajstić information content (AvgIpc) is 3.17. The number of benzene rings is 2. The van der Waals surface area contributed by atoms with E-state index in [1.165, 1.54) is 12.1 Å². The van der Waals surface area contributed by atoms with Gasteiger partial charge in [-0.15, -0.1) is 0 Å². The largest absolute Gasteiger partial charge is 0.367 e. The predicted octanol–water partition coefficient (Wildman–Crippen LogP) is 1.84. The van der Waals surface area contributed by atoms with Crippen molar-refractivity contribution < 1.29 is 13.2 Å². The van der Waals surface area contributed by atoms with Gasteiger partial charge in [0.2, 0.25) is 5.96 Å². The average molecular weight is 372 g/mol. The topological polar surface area (TPSA) is 96.1 Å². The molecular weight excluding hydrogens is 352 g/mol. The summed E-state index contributed by atoms with van der Waals surface area (Å²) in [7, 11) is -3.96. The van der Waals surface area contributed by atoms with Crippen molar-refractivity contribution in [3.05, 3.63) is 66.2 Å². The van der Waals surface area contributed by atoms with Gasteiger partial charge in [-0.05, 0) is 37.1 Å². The summed E-state index contributed by atoms with van der Waals surface area (Å²) in [5.74, 6) is -0.944. The second-order valence-electron chi connectivity index (χ2n) is 5.86. The number of guanidine groups is 1. The summed E-state index contributed by atoms with van der Waals surface area (Å²) < 4.78 is 27.1. The number of hydrazine groups is 1. The Labute approximate surface area is 152 Å². The summed E-state index contributed by atoms with van der Waals surface area (Å²) >= 11 is 0. The number of hydrogen-bond acceptors (Lipinski definition) is 4. The van der Waals surface area contributed by atoms with Crippen LogP contribution in [0.2, 0.25) is 0 Å². The van der Waals surface area contributed by atoms with Gasteiger partial charge in [0.25, 0.3) is 15.9 Å². The quantitative estimate of drug-likeness (QED) is 0.653. The van der Waals surface area contributed by atoms with E-state index in [2.05, 4.69) is 4.99 Å². The molecule has 7 nitrogen and oxygen atoms in total. The fourth-order valence-electron chi connectivity index (χ4n) is 2.79. The van der Waals surface area contributed by atoms with Gasteiger partial charge in [0, 0.05) is 18.7 Å². The van der Waals surface area contributed by atoms with Gasteiger partial charge >= 0.3 is 0 Å². The molecule has 0 aliphatic carbocycles. The summed E-state index contributed by atoms with van der Waals surface area (Å²) in [5, 5.41) is 1.61. The van der Waals surface area contributed by atoms with Crippen molar-refractivity contribution in [2.45, 2.75) is 17.7 Å². The highest BCUT2D eigenvalue weighted by Crippen LogP contribution is 2.21. The second-order valence-corrected chi connectivity index (χ2v) is 7.63. The van der Waals surface area contributed by atoms with Gasteiger partial charge in [-0.1, -0.05) is 36.4 Å². The van der Waals surface area contributed by atoms with Crippen molar-refractivity contribution in [2.75, 3.05) is 13.1 Å². The van der Waals surface area contributed by atoms with Crippen molar-refractivity contribution in [3.8, 4) is 0 Å². The fourth-order valence-corrected chi connectivity index (χ4v) is 4.24. The Balaban J connectivity index is 1.99. The third kappa shape index (κ3) is 3.76. The van der Waals surface area contributed by atoms with Crippen molar-refractivity contribution in [1.29, 1.82) is 0 Å². The minimum absolute atomic E-state index is 0.0946. The molecule has 0 spiro atoms. The molecule has 1 aliphatic heterocycles. The normalized spacial score (nSPS) is 15.8. The highest BCUT2D eigenvalue weighted by atomic mass is 32.2. The van der Waals surface area contributed by atoms with Crippen molar-refractivity contribution >= 4 is 21.9 Å². The lowest BCUT2D eigenvalue weighted by Crippen LogP contribution is -2.52. The molecule has 136 valence electrons. The summed E-state index contributed by atoms with van der Waals surface area (Å²) in [5.41, 5.74) is 6.34. The predicted molar refractivity (Wildman–Crippen MR) is 98.7 cm³/mol. The number of amides is 1. The van der Waals surface area contributed by atoms with Crippen LogP contribution in [0.25, 0.3) is 0 Å². The summed E-state index contributed by atoms with van der Waals surface area (Å²) in [4.78, 5) is 16.3. The van der Waals surface area contributed by atoms with Crippen LogP contribution < -0.4 is 5.73 Å².